The van der Waals surface area contributed by atoms with Crippen molar-refractivity contribution in [2.24, 2.45) is 5.92 Å². The molecule has 1 saturated heterocycles. The number of aryl methyl sites for hydroxylation is 3. The minimum Gasteiger partial charge on any atom is -0.361 e. The number of carbonyl (C=O) groups excluding carboxylic acids is 2. The maximum Gasteiger partial charge on any atom is 0.276 e. The number of pyridine rings is 1. The zero-order chi connectivity index (χ0) is 28.3. The van der Waals surface area contributed by atoms with Gasteiger partial charge >= 0.3 is 0 Å². The normalized spacial score (nSPS) is 16.3. The fourth-order valence-corrected chi connectivity index (χ4v) is 5.40. The minimum absolute atomic E-state index is 0.0575. The van der Waals surface area contributed by atoms with E-state index in [0.717, 1.165) is 47.5 Å². The standard InChI is InChI=1S/C29H29ClN8O3/c1-17-9-25(37-41-17)28(40)38-8-2-3-19(16-38)11-26(39)35-24-7-6-21-12-20(24)5-4-18-10-22(14-31-13-18)34-29-32-15-23(30)27(33-21)36-29/h6-7,9-10,12-15,19H,2-5,8,11,16H2,1H3,(H,35,39)(H2,32,33,34,36)/t19-/m1/s1. The first-order valence-electron chi connectivity index (χ1n) is 13.6. The maximum atomic E-state index is 13.2. The summed E-state index contributed by atoms with van der Waals surface area (Å²) in [6, 6.07) is 9.42. The fourth-order valence-electron chi connectivity index (χ4n) is 5.26. The van der Waals surface area contributed by atoms with Crippen molar-refractivity contribution in [3.63, 3.8) is 0 Å². The Morgan fingerprint density at radius 2 is 2.02 bits per heavy atom. The predicted molar refractivity (Wildman–Crippen MR) is 155 cm³/mol. The van der Waals surface area contributed by atoms with E-state index in [9.17, 15) is 9.59 Å². The van der Waals surface area contributed by atoms with Gasteiger partial charge in [-0.05, 0) is 73.9 Å². The van der Waals surface area contributed by atoms with Crippen LogP contribution in [0.25, 0.3) is 0 Å². The molecule has 11 nitrogen and oxygen atoms in total. The van der Waals surface area contributed by atoms with Gasteiger partial charge in [-0.3, -0.25) is 14.6 Å². The minimum atomic E-state index is -0.161. The van der Waals surface area contributed by atoms with Gasteiger partial charge in [0.05, 0.1) is 18.1 Å². The van der Waals surface area contributed by atoms with Crippen LogP contribution in [0.4, 0.5) is 28.8 Å². The van der Waals surface area contributed by atoms with Gasteiger partial charge in [-0.1, -0.05) is 16.8 Å². The molecule has 0 saturated carbocycles. The molecular weight excluding hydrogens is 544 g/mol. The van der Waals surface area contributed by atoms with Crippen LogP contribution in [0.5, 0.6) is 0 Å². The fraction of sp³-hybridized carbons (Fsp3) is 0.310. The van der Waals surface area contributed by atoms with Gasteiger partial charge in [-0.25, -0.2) is 4.98 Å². The third kappa shape index (κ3) is 6.30. The number of benzene rings is 1. The molecule has 0 unspecified atom stereocenters. The van der Waals surface area contributed by atoms with Crippen LogP contribution in [0.1, 0.15) is 46.6 Å². The van der Waals surface area contributed by atoms with E-state index in [2.05, 4.69) is 36.1 Å². The topological polar surface area (TPSA) is 138 Å². The third-order valence-corrected chi connectivity index (χ3v) is 7.52. The largest absolute Gasteiger partial charge is 0.361 e. The number of hydrogen-bond donors (Lipinski definition) is 3. The van der Waals surface area contributed by atoms with Crippen molar-refractivity contribution in [1.82, 2.24) is 25.0 Å². The Morgan fingerprint density at radius 1 is 1.12 bits per heavy atom. The van der Waals surface area contributed by atoms with Gasteiger partial charge in [0.1, 0.15) is 10.8 Å². The summed E-state index contributed by atoms with van der Waals surface area (Å²) in [6.45, 7) is 2.91. The van der Waals surface area contributed by atoms with E-state index < -0.39 is 0 Å². The van der Waals surface area contributed by atoms with Gasteiger partial charge in [0.25, 0.3) is 5.91 Å². The molecule has 12 heteroatoms. The van der Waals surface area contributed by atoms with Gasteiger partial charge in [-0.2, -0.15) is 4.98 Å². The molecule has 2 amide bonds. The number of anilines is 5. The molecular formula is C29H29ClN8O3. The van der Waals surface area contributed by atoms with Crippen LogP contribution in [0, 0.1) is 12.8 Å². The Hall–Kier alpha value is -4.51. The molecule has 4 aromatic rings. The van der Waals surface area contributed by atoms with Crippen LogP contribution in [0.15, 0.2) is 53.4 Å². The van der Waals surface area contributed by atoms with E-state index in [0.29, 0.717) is 54.2 Å². The van der Waals surface area contributed by atoms with Crippen molar-refractivity contribution in [3.05, 3.63) is 76.5 Å². The first-order chi connectivity index (χ1) is 19.9. The molecule has 3 aromatic heterocycles. The second-order valence-electron chi connectivity index (χ2n) is 10.4. The van der Waals surface area contributed by atoms with Gasteiger partial charge in [0, 0.05) is 43.1 Å². The lowest BCUT2D eigenvalue weighted by Crippen LogP contribution is -2.41. The smallest absolute Gasteiger partial charge is 0.276 e. The predicted octanol–water partition coefficient (Wildman–Crippen LogP) is 5.29. The van der Waals surface area contributed by atoms with E-state index in [1.165, 1.54) is 0 Å². The summed E-state index contributed by atoms with van der Waals surface area (Å²) in [6.07, 6.45) is 8.51. The highest BCUT2D eigenvalue weighted by molar-refractivity contribution is 6.32. The van der Waals surface area contributed by atoms with E-state index >= 15 is 0 Å². The lowest BCUT2D eigenvalue weighted by molar-refractivity contribution is -0.117. The zero-order valence-corrected chi connectivity index (χ0v) is 23.2. The van der Waals surface area contributed by atoms with Crippen molar-refractivity contribution in [2.75, 3.05) is 29.0 Å². The second kappa shape index (κ2) is 11.5. The first kappa shape index (κ1) is 26.7. The zero-order valence-electron chi connectivity index (χ0n) is 22.5. The molecule has 0 radical (unpaired) electrons. The molecule has 6 bridgehead atoms. The summed E-state index contributed by atoms with van der Waals surface area (Å²) >= 11 is 6.37. The highest BCUT2D eigenvalue weighted by atomic mass is 35.5. The number of likely N-dealkylation sites (tertiary alicyclic amines) is 1. The summed E-state index contributed by atoms with van der Waals surface area (Å²) in [5, 5.41) is 13.8. The van der Waals surface area contributed by atoms with Gasteiger partial charge in [0.15, 0.2) is 11.5 Å². The van der Waals surface area contributed by atoms with Crippen molar-refractivity contribution in [1.29, 1.82) is 0 Å². The van der Waals surface area contributed by atoms with Gasteiger partial charge in [-0.15, -0.1) is 0 Å². The van der Waals surface area contributed by atoms with Crippen LogP contribution >= 0.6 is 11.6 Å². The first-order valence-corrected chi connectivity index (χ1v) is 13.9. The Bertz CT molecular complexity index is 1610. The molecule has 6 rings (SSSR count). The van der Waals surface area contributed by atoms with Crippen LogP contribution in [0.3, 0.4) is 0 Å². The average Bonchev–Trinajstić information content (AvgIpc) is 3.40. The van der Waals surface area contributed by atoms with E-state index in [4.69, 9.17) is 16.1 Å². The molecule has 210 valence electrons. The number of nitrogens with zero attached hydrogens (tertiary/aromatic N) is 5. The highest BCUT2D eigenvalue weighted by Crippen LogP contribution is 2.30. The summed E-state index contributed by atoms with van der Waals surface area (Å²) in [5.41, 5.74) is 4.61. The number of carbonyl (C=O) groups is 2. The lowest BCUT2D eigenvalue weighted by Gasteiger charge is -2.32. The van der Waals surface area contributed by atoms with Gasteiger partial charge < -0.3 is 25.4 Å². The SMILES string of the molecule is Cc1cc(C(=O)N2CCC[C@H](CC(=O)Nc3ccc4cc3CCc3cncc(c3)Nc3ncc(Cl)c(n3)N4)C2)no1. The van der Waals surface area contributed by atoms with Crippen molar-refractivity contribution in [3.8, 4) is 0 Å². The lowest BCUT2D eigenvalue weighted by atomic mass is 9.94. The summed E-state index contributed by atoms with van der Waals surface area (Å²) in [5.74, 6) is 1.27. The molecule has 2 aliphatic rings. The summed E-state index contributed by atoms with van der Waals surface area (Å²) < 4.78 is 5.06. The molecule has 3 N–H and O–H groups in total. The Balaban J connectivity index is 1.18. The van der Waals surface area contributed by atoms with Crippen LogP contribution in [0.2, 0.25) is 5.02 Å². The third-order valence-electron chi connectivity index (χ3n) is 7.25. The molecule has 1 atom stereocenters. The number of fused-ring (bicyclic) bond motifs is 6. The summed E-state index contributed by atoms with van der Waals surface area (Å²) in [4.78, 5) is 41.0. The Morgan fingerprint density at radius 3 is 2.88 bits per heavy atom. The number of rotatable bonds is 4. The molecule has 2 aliphatic heterocycles. The van der Waals surface area contributed by atoms with Crippen molar-refractivity contribution >= 4 is 52.2 Å². The van der Waals surface area contributed by atoms with Crippen LogP contribution in [-0.2, 0) is 17.6 Å². The molecule has 0 spiro atoms. The number of hydrogen-bond acceptors (Lipinski definition) is 9. The highest BCUT2D eigenvalue weighted by Gasteiger charge is 2.28. The van der Waals surface area contributed by atoms with E-state index in [1.54, 1.807) is 30.3 Å². The Kier molecular flexibility index (Phi) is 7.51. The van der Waals surface area contributed by atoms with Crippen LogP contribution in [-0.4, -0.2) is 49.9 Å². The number of aromatic nitrogens is 4. The van der Waals surface area contributed by atoms with Crippen LogP contribution < -0.4 is 16.0 Å². The number of nitrogens with one attached hydrogen (secondary N) is 3. The molecule has 0 aliphatic carbocycles. The number of halogens is 1. The molecule has 1 aromatic carbocycles. The van der Waals surface area contributed by atoms with Gasteiger partial charge in [0.2, 0.25) is 11.9 Å². The number of piperidine rings is 1. The monoisotopic (exact) mass is 572 g/mol. The maximum absolute atomic E-state index is 13.2. The van der Waals surface area contributed by atoms with Crippen molar-refractivity contribution in [2.45, 2.75) is 39.0 Å². The average molecular weight is 573 g/mol. The quantitative estimate of drug-likeness (QED) is 0.298. The second-order valence-corrected chi connectivity index (χ2v) is 10.8. The summed E-state index contributed by atoms with van der Waals surface area (Å²) in [7, 11) is 0. The van der Waals surface area contributed by atoms with E-state index in [-0.39, 0.29) is 17.7 Å². The Labute approximate surface area is 241 Å². The molecule has 1 fully saturated rings. The number of amides is 2. The van der Waals surface area contributed by atoms with E-state index in [1.807, 2.05) is 30.5 Å². The molecule has 41 heavy (non-hydrogen) atoms. The van der Waals surface area contributed by atoms with Crippen molar-refractivity contribution < 1.29 is 14.1 Å². The molecule has 5 heterocycles.